The van der Waals surface area contributed by atoms with Crippen LogP contribution in [0.1, 0.15) is 25.8 Å². The zero-order valence-corrected chi connectivity index (χ0v) is 16.3. The Morgan fingerprint density at radius 2 is 1.86 bits per heavy atom. The molecule has 1 aliphatic rings. The van der Waals surface area contributed by atoms with Crippen LogP contribution >= 0.6 is 0 Å². The number of anilines is 1. The van der Waals surface area contributed by atoms with E-state index in [1.54, 1.807) is 17.0 Å². The lowest BCUT2D eigenvalue weighted by Crippen LogP contribution is -2.28. The molecular formula is C22H26N2O4. The fraction of sp³-hybridized carbons (Fsp3) is 0.364. The largest absolute Gasteiger partial charge is 0.494 e. The normalized spacial score (nSPS) is 16.1. The van der Waals surface area contributed by atoms with Gasteiger partial charge >= 0.3 is 0 Å². The fourth-order valence-corrected chi connectivity index (χ4v) is 3.28. The minimum absolute atomic E-state index is 0.00268. The van der Waals surface area contributed by atoms with E-state index in [9.17, 15) is 9.59 Å². The highest BCUT2D eigenvalue weighted by molar-refractivity contribution is 5.98. The van der Waals surface area contributed by atoms with Gasteiger partial charge in [0.2, 0.25) is 11.8 Å². The third-order valence-corrected chi connectivity index (χ3v) is 4.62. The molecule has 2 aromatic rings. The van der Waals surface area contributed by atoms with E-state index in [0.29, 0.717) is 43.5 Å². The summed E-state index contributed by atoms with van der Waals surface area (Å²) in [4.78, 5) is 26.9. The summed E-state index contributed by atoms with van der Waals surface area (Å²) in [6.07, 6.45) is 0.216. The van der Waals surface area contributed by atoms with E-state index in [1.165, 1.54) is 0 Å². The molecule has 6 heteroatoms. The predicted molar refractivity (Wildman–Crippen MR) is 107 cm³/mol. The molecule has 1 N–H and O–H groups in total. The number of nitrogens with one attached hydrogen (secondary N) is 1. The fourth-order valence-electron chi connectivity index (χ4n) is 3.28. The number of rotatable bonds is 8. The third-order valence-electron chi connectivity index (χ3n) is 4.62. The van der Waals surface area contributed by atoms with Crippen LogP contribution in [0.5, 0.6) is 11.5 Å². The van der Waals surface area contributed by atoms with Crippen molar-refractivity contribution in [3.8, 4) is 11.5 Å². The molecular weight excluding hydrogens is 356 g/mol. The van der Waals surface area contributed by atoms with Gasteiger partial charge in [-0.2, -0.15) is 0 Å². The highest BCUT2D eigenvalue weighted by Crippen LogP contribution is 2.31. The van der Waals surface area contributed by atoms with Crippen molar-refractivity contribution in [2.75, 3.05) is 25.1 Å². The van der Waals surface area contributed by atoms with Crippen LogP contribution in [0.25, 0.3) is 0 Å². The SMILES string of the molecule is CCOc1ccc(OCC)c(NC(=O)[C@H]2CC(=O)N(Cc3ccccc3)C2)c1. The number of nitrogens with zero attached hydrogens (tertiary/aromatic N) is 1. The summed E-state index contributed by atoms with van der Waals surface area (Å²) < 4.78 is 11.1. The Labute approximate surface area is 165 Å². The molecule has 0 spiro atoms. The Morgan fingerprint density at radius 3 is 2.57 bits per heavy atom. The van der Waals surface area contributed by atoms with Crippen molar-refractivity contribution >= 4 is 17.5 Å². The van der Waals surface area contributed by atoms with Crippen LogP contribution < -0.4 is 14.8 Å². The van der Waals surface area contributed by atoms with E-state index in [-0.39, 0.29) is 24.2 Å². The average Bonchev–Trinajstić information content (AvgIpc) is 3.06. The second kappa shape index (κ2) is 9.26. The molecule has 148 valence electrons. The maximum absolute atomic E-state index is 12.8. The molecule has 0 aromatic heterocycles. The van der Waals surface area contributed by atoms with Crippen molar-refractivity contribution in [1.29, 1.82) is 0 Å². The van der Waals surface area contributed by atoms with Crippen LogP contribution in [0.3, 0.4) is 0 Å². The third kappa shape index (κ3) is 4.82. The van der Waals surface area contributed by atoms with E-state index in [2.05, 4.69) is 5.32 Å². The second-order valence-corrected chi connectivity index (χ2v) is 6.67. The molecule has 0 radical (unpaired) electrons. The molecule has 0 saturated carbocycles. The molecule has 6 nitrogen and oxygen atoms in total. The van der Waals surface area contributed by atoms with E-state index in [1.807, 2.05) is 50.2 Å². The average molecular weight is 382 g/mol. The Bertz CT molecular complexity index is 823. The van der Waals surface area contributed by atoms with Gasteiger partial charge in [-0.25, -0.2) is 0 Å². The van der Waals surface area contributed by atoms with Crippen molar-refractivity contribution in [2.45, 2.75) is 26.8 Å². The van der Waals surface area contributed by atoms with Gasteiger partial charge in [0.05, 0.1) is 24.8 Å². The van der Waals surface area contributed by atoms with Crippen LogP contribution in [0.15, 0.2) is 48.5 Å². The maximum Gasteiger partial charge on any atom is 0.229 e. The number of carbonyl (C=O) groups excluding carboxylic acids is 2. The van der Waals surface area contributed by atoms with Gasteiger partial charge in [-0.05, 0) is 31.5 Å². The maximum atomic E-state index is 12.8. The molecule has 0 unspecified atom stereocenters. The number of likely N-dealkylation sites (tertiary alicyclic amines) is 1. The minimum Gasteiger partial charge on any atom is -0.494 e. The molecule has 1 saturated heterocycles. The number of benzene rings is 2. The topological polar surface area (TPSA) is 67.9 Å². The van der Waals surface area contributed by atoms with Gasteiger partial charge in [0.15, 0.2) is 0 Å². The molecule has 1 aliphatic heterocycles. The number of amides is 2. The Kier molecular flexibility index (Phi) is 6.53. The predicted octanol–water partition coefficient (Wildman–Crippen LogP) is 3.47. The zero-order valence-electron chi connectivity index (χ0n) is 16.3. The van der Waals surface area contributed by atoms with E-state index in [0.717, 1.165) is 5.56 Å². The minimum atomic E-state index is -0.388. The quantitative estimate of drug-likeness (QED) is 0.759. The number of hydrogen-bond donors (Lipinski definition) is 1. The van der Waals surface area contributed by atoms with Crippen LogP contribution in [-0.4, -0.2) is 36.5 Å². The van der Waals surface area contributed by atoms with Gasteiger partial charge in [-0.15, -0.1) is 0 Å². The van der Waals surface area contributed by atoms with Crippen molar-refractivity contribution in [1.82, 2.24) is 4.90 Å². The molecule has 2 aromatic carbocycles. The molecule has 2 amide bonds. The van der Waals surface area contributed by atoms with Crippen molar-refractivity contribution in [3.05, 3.63) is 54.1 Å². The summed E-state index contributed by atoms with van der Waals surface area (Å²) in [6.45, 7) is 5.75. The van der Waals surface area contributed by atoms with Crippen molar-refractivity contribution in [3.63, 3.8) is 0 Å². The lowest BCUT2D eigenvalue weighted by atomic mass is 10.1. The number of hydrogen-bond acceptors (Lipinski definition) is 4. The second-order valence-electron chi connectivity index (χ2n) is 6.67. The number of carbonyl (C=O) groups is 2. The van der Waals surface area contributed by atoms with Gasteiger partial charge in [0.25, 0.3) is 0 Å². The van der Waals surface area contributed by atoms with E-state index < -0.39 is 0 Å². The first-order valence-corrected chi connectivity index (χ1v) is 9.63. The molecule has 0 aliphatic carbocycles. The molecule has 1 heterocycles. The van der Waals surface area contributed by atoms with Gasteiger partial charge in [0.1, 0.15) is 11.5 Å². The summed E-state index contributed by atoms with van der Waals surface area (Å²) >= 11 is 0. The highest BCUT2D eigenvalue weighted by Gasteiger charge is 2.34. The summed E-state index contributed by atoms with van der Waals surface area (Å²) in [6, 6.07) is 15.1. The first-order valence-electron chi connectivity index (χ1n) is 9.63. The molecule has 0 bridgehead atoms. The smallest absolute Gasteiger partial charge is 0.229 e. The molecule has 1 atom stereocenters. The van der Waals surface area contributed by atoms with Gasteiger partial charge in [0, 0.05) is 25.6 Å². The van der Waals surface area contributed by atoms with Crippen LogP contribution in [0, 0.1) is 5.92 Å². The Hall–Kier alpha value is -3.02. The van der Waals surface area contributed by atoms with Crippen LogP contribution in [0.4, 0.5) is 5.69 Å². The lowest BCUT2D eigenvalue weighted by Gasteiger charge is -2.17. The van der Waals surface area contributed by atoms with Crippen LogP contribution in [0.2, 0.25) is 0 Å². The Morgan fingerprint density at radius 1 is 1.11 bits per heavy atom. The highest BCUT2D eigenvalue weighted by atomic mass is 16.5. The van der Waals surface area contributed by atoms with E-state index >= 15 is 0 Å². The monoisotopic (exact) mass is 382 g/mol. The van der Waals surface area contributed by atoms with E-state index in [4.69, 9.17) is 9.47 Å². The standard InChI is InChI=1S/C22H26N2O4/c1-3-27-18-10-11-20(28-4-2)19(13-18)23-22(26)17-12-21(25)24(15-17)14-16-8-6-5-7-9-16/h5-11,13,17H,3-4,12,14-15H2,1-2H3,(H,23,26)/t17-/m0/s1. The summed E-state index contributed by atoms with van der Waals surface area (Å²) in [5, 5.41) is 2.92. The molecule has 1 fully saturated rings. The summed E-state index contributed by atoms with van der Waals surface area (Å²) in [5.74, 6) is 0.677. The molecule has 3 rings (SSSR count). The first-order chi connectivity index (χ1) is 13.6. The van der Waals surface area contributed by atoms with Crippen molar-refractivity contribution < 1.29 is 19.1 Å². The van der Waals surface area contributed by atoms with Crippen molar-refractivity contribution in [2.24, 2.45) is 5.92 Å². The zero-order chi connectivity index (χ0) is 19.9. The van der Waals surface area contributed by atoms with Gasteiger partial charge in [-0.3, -0.25) is 9.59 Å². The summed E-state index contributed by atoms with van der Waals surface area (Å²) in [7, 11) is 0. The molecule has 28 heavy (non-hydrogen) atoms. The van der Waals surface area contributed by atoms with Gasteiger partial charge in [-0.1, -0.05) is 30.3 Å². The van der Waals surface area contributed by atoms with Crippen LogP contribution in [-0.2, 0) is 16.1 Å². The number of ether oxygens (including phenoxy) is 2. The first kappa shape index (κ1) is 19.7. The lowest BCUT2D eigenvalue weighted by molar-refractivity contribution is -0.128. The van der Waals surface area contributed by atoms with Gasteiger partial charge < -0.3 is 19.7 Å². The Balaban J connectivity index is 1.67. The summed E-state index contributed by atoms with van der Waals surface area (Å²) in [5.41, 5.74) is 1.62.